The maximum atomic E-state index is 12.2. The molecule has 1 fully saturated rings. The van der Waals surface area contributed by atoms with E-state index in [1.807, 2.05) is 0 Å². The quantitative estimate of drug-likeness (QED) is 0.898. The van der Waals surface area contributed by atoms with Crippen molar-refractivity contribution in [3.05, 3.63) is 23.2 Å². The summed E-state index contributed by atoms with van der Waals surface area (Å²) >= 11 is 5.97. The zero-order valence-electron chi connectivity index (χ0n) is 13.6. The lowest BCUT2D eigenvalue weighted by Crippen LogP contribution is -2.40. The lowest BCUT2D eigenvalue weighted by molar-refractivity contribution is -0.116. The highest BCUT2D eigenvalue weighted by Crippen LogP contribution is 2.28. The van der Waals surface area contributed by atoms with Crippen LogP contribution >= 0.6 is 11.6 Å². The Morgan fingerprint density at radius 3 is 2.68 bits per heavy atom. The molecule has 0 spiro atoms. The monoisotopic (exact) mass is 324 g/mol. The average Bonchev–Trinajstić information content (AvgIpc) is 2.44. The molecule has 1 aromatic carbocycles. The molecule has 0 saturated carbocycles. The fraction of sp³-hybridized carbons (Fsp3) is 0.588. The number of halogens is 1. The SMILES string of the molecule is COc1ccc(Cl)cc1NC(=O)CCN1C[C@@H](C)C[C@H](C)C1. The largest absolute Gasteiger partial charge is 0.495 e. The molecule has 1 heterocycles. The van der Waals surface area contributed by atoms with Crippen LogP contribution in [0.5, 0.6) is 5.75 Å². The first-order valence-electron chi connectivity index (χ1n) is 7.83. The minimum absolute atomic E-state index is 0.00792. The number of methoxy groups -OCH3 is 1. The van der Waals surface area contributed by atoms with Crippen molar-refractivity contribution in [2.24, 2.45) is 11.8 Å². The van der Waals surface area contributed by atoms with Gasteiger partial charge in [0.15, 0.2) is 0 Å². The van der Waals surface area contributed by atoms with Crippen molar-refractivity contribution in [3.63, 3.8) is 0 Å². The third kappa shape index (κ3) is 4.89. The summed E-state index contributed by atoms with van der Waals surface area (Å²) in [5, 5.41) is 3.47. The number of carbonyl (C=O) groups is 1. The van der Waals surface area contributed by atoms with Gasteiger partial charge in [0, 0.05) is 31.1 Å². The summed E-state index contributed by atoms with van der Waals surface area (Å²) in [6.07, 6.45) is 1.76. The Balaban J connectivity index is 1.87. The molecular formula is C17H25ClN2O2. The highest BCUT2D eigenvalue weighted by molar-refractivity contribution is 6.31. The minimum atomic E-state index is -0.00792. The Hall–Kier alpha value is -1.26. The van der Waals surface area contributed by atoms with Crippen molar-refractivity contribution < 1.29 is 9.53 Å². The first kappa shape index (κ1) is 17.1. The van der Waals surface area contributed by atoms with Crippen LogP contribution in [0, 0.1) is 11.8 Å². The molecule has 2 atom stereocenters. The van der Waals surface area contributed by atoms with E-state index < -0.39 is 0 Å². The molecule has 5 heteroatoms. The zero-order valence-corrected chi connectivity index (χ0v) is 14.3. The van der Waals surface area contributed by atoms with Crippen LogP contribution in [0.3, 0.4) is 0 Å². The summed E-state index contributed by atoms with van der Waals surface area (Å²) in [5.41, 5.74) is 0.625. The minimum Gasteiger partial charge on any atom is -0.495 e. The van der Waals surface area contributed by atoms with Gasteiger partial charge in [-0.2, -0.15) is 0 Å². The number of nitrogens with zero attached hydrogens (tertiary/aromatic N) is 1. The predicted molar refractivity (Wildman–Crippen MR) is 90.6 cm³/mol. The fourth-order valence-electron chi connectivity index (χ4n) is 3.22. The maximum Gasteiger partial charge on any atom is 0.225 e. The van der Waals surface area contributed by atoms with Crippen molar-refractivity contribution >= 4 is 23.2 Å². The van der Waals surface area contributed by atoms with E-state index in [2.05, 4.69) is 24.1 Å². The van der Waals surface area contributed by atoms with Gasteiger partial charge in [-0.3, -0.25) is 4.79 Å². The van der Waals surface area contributed by atoms with E-state index in [4.69, 9.17) is 16.3 Å². The van der Waals surface area contributed by atoms with E-state index in [1.54, 1.807) is 25.3 Å². The van der Waals surface area contributed by atoms with Gasteiger partial charge in [0.1, 0.15) is 5.75 Å². The van der Waals surface area contributed by atoms with E-state index in [-0.39, 0.29) is 5.91 Å². The van der Waals surface area contributed by atoms with Crippen molar-refractivity contribution in [3.8, 4) is 5.75 Å². The molecule has 1 aromatic rings. The molecule has 0 aliphatic carbocycles. The molecule has 1 N–H and O–H groups in total. The summed E-state index contributed by atoms with van der Waals surface area (Å²) in [5.74, 6) is 2.03. The second-order valence-electron chi connectivity index (χ2n) is 6.35. The number of amides is 1. The van der Waals surface area contributed by atoms with Gasteiger partial charge in [-0.1, -0.05) is 25.4 Å². The number of likely N-dealkylation sites (tertiary alicyclic amines) is 1. The lowest BCUT2D eigenvalue weighted by Gasteiger charge is -2.34. The first-order valence-corrected chi connectivity index (χ1v) is 8.21. The summed E-state index contributed by atoms with van der Waals surface area (Å²) in [7, 11) is 1.58. The second-order valence-corrected chi connectivity index (χ2v) is 6.78. The zero-order chi connectivity index (χ0) is 16.1. The lowest BCUT2D eigenvalue weighted by atomic mass is 9.92. The van der Waals surface area contributed by atoms with Crippen LogP contribution in [0.2, 0.25) is 5.02 Å². The van der Waals surface area contributed by atoms with Crippen LogP contribution < -0.4 is 10.1 Å². The number of hydrogen-bond donors (Lipinski definition) is 1. The molecule has 1 amide bonds. The highest BCUT2D eigenvalue weighted by atomic mass is 35.5. The van der Waals surface area contributed by atoms with Gasteiger partial charge in [-0.15, -0.1) is 0 Å². The number of rotatable bonds is 5. The topological polar surface area (TPSA) is 41.6 Å². The van der Waals surface area contributed by atoms with Crippen molar-refractivity contribution in [2.75, 3.05) is 32.1 Å². The smallest absolute Gasteiger partial charge is 0.225 e. The Bertz CT molecular complexity index is 511. The van der Waals surface area contributed by atoms with E-state index in [0.29, 0.717) is 34.7 Å². The van der Waals surface area contributed by atoms with E-state index in [1.165, 1.54) is 6.42 Å². The van der Waals surface area contributed by atoms with Crippen molar-refractivity contribution in [2.45, 2.75) is 26.7 Å². The molecule has 1 aliphatic rings. The molecule has 1 aliphatic heterocycles. The Labute approximate surface area is 137 Å². The third-order valence-corrected chi connectivity index (χ3v) is 4.27. The number of nitrogens with one attached hydrogen (secondary N) is 1. The molecule has 0 aromatic heterocycles. The number of piperidine rings is 1. The Morgan fingerprint density at radius 1 is 1.36 bits per heavy atom. The molecular weight excluding hydrogens is 300 g/mol. The van der Waals surface area contributed by atoms with Gasteiger partial charge in [-0.25, -0.2) is 0 Å². The normalized spacial score (nSPS) is 22.4. The summed E-state index contributed by atoms with van der Waals surface area (Å²) in [6, 6.07) is 5.21. The highest BCUT2D eigenvalue weighted by Gasteiger charge is 2.22. The van der Waals surface area contributed by atoms with Crippen LogP contribution in [0.25, 0.3) is 0 Å². The third-order valence-electron chi connectivity index (χ3n) is 4.04. The first-order chi connectivity index (χ1) is 10.5. The molecule has 2 rings (SSSR count). The molecule has 22 heavy (non-hydrogen) atoms. The van der Waals surface area contributed by atoms with E-state index in [0.717, 1.165) is 19.6 Å². The number of carbonyl (C=O) groups excluding carboxylic acids is 1. The van der Waals surface area contributed by atoms with Crippen LogP contribution in [0.4, 0.5) is 5.69 Å². The molecule has 1 saturated heterocycles. The second kappa shape index (κ2) is 7.84. The number of ether oxygens (including phenoxy) is 1. The molecule has 0 bridgehead atoms. The summed E-state index contributed by atoms with van der Waals surface area (Å²) < 4.78 is 5.24. The average molecular weight is 325 g/mol. The Kier molecular flexibility index (Phi) is 6.09. The Morgan fingerprint density at radius 2 is 2.05 bits per heavy atom. The summed E-state index contributed by atoms with van der Waals surface area (Å²) in [4.78, 5) is 14.5. The van der Waals surface area contributed by atoms with Gasteiger partial charge in [0.2, 0.25) is 5.91 Å². The number of anilines is 1. The van der Waals surface area contributed by atoms with Crippen LogP contribution in [-0.4, -0.2) is 37.6 Å². The van der Waals surface area contributed by atoms with Gasteiger partial charge in [-0.05, 0) is 36.5 Å². The molecule has 0 unspecified atom stereocenters. The van der Waals surface area contributed by atoms with E-state index >= 15 is 0 Å². The van der Waals surface area contributed by atoms with Gasteiger partial charge < -0.3 is 15.0 Å². The van der Waals surface area contributed by atoms with Crippen LogP contribution in [0.15, 0.2) is 18.2 Å². The molecule has 0 radical (unpaired) electrons. The number of benzene rings is 1. The fourth-order valence-corrected chi connectivity index (χ4v) is 3.40. The predicted octanol–water partition coefficient (Wildman–Crippen LogP) is 3.66. The van der Waals surface area contributed by atoms with Crippen molar-refractivity contribution in [1.82, 2.24) is 4.90 Å². The van der Waals surface area contributed by atoms with E-state index in [9.17, 15) is 4.79 Å². The maximum absolute atomic E-state index is 12.2. The molecule has 122 valence electrons. The van der Waals surface area contributed by atoms with Crippen LogP contribution in [0.1, 0.15) is 26.7 Å². The summed E-state index contributed by atoms with van der Waals surface area (Å²) in [6.45, 7) is 7.51. The van der Waals surface area contributed by atoms with Gasteiger partial charge in [0.25, 0.3) is 0 Å². The standard InChI is InChI=1S/C17H25ClN2O2/c1-12-8-13(2)11-20(10-12)7-6-17(21)19-15-9-14(18)4-5-16(15)22-3/h4-5,9,12-13H,6-8,10-11H2,1-3H3,(H,19,21)/t12-,13-/m0/s1. The number of hydrogen-bond acceptors (Lipinski definition) is 3. The van der Waals surface area contributed by atoms with Gasteiger partial charge in [0.05, 0.1) is 12.8 Å². The van der Waals surface area contributed by atoms with Crippen LogP contribution in [-0.2, 0) is 4.79 Å². The van der Waals surface area contributed by atoms with Crippen molar-refractivity contribution in [1.29, 1.82) is 0 Å². The molecule has 4 nitrogen and oxygen atoms in total. The van der Waals surface area contributed by atoms with Gasteiger partial charge >= 0.3 is 0 Å².